The fourth-order valence-electron chi connectivity index (χ4n) is 2.27. The molecule has 1 fully saturated rings. The Morgan fingerprint density at radius 2 is 2.04 bits per heavy atom. The highest BCUT2D eigenvalue weighted by atomic mass is 32.2. The number of oxime groups is 1. The number of aromatic nitrogens is 1. The minimum atomic E-state index is -3.29. The molecule has 1 aliphatic rings. The van der Waals surface area contributed by atoms with Gasteiger partial charge in [0.1, 0.15) is 6.61 Å². The number of hydrogen-bond donors (Lipinski definition) is 1. The van der Waals surface area contributed by atoms with Crippen LogP contribution in [0.25, 0.3) is 0 Å². The van der Waals surface area contributed by atoms with Crippen molar-refractivity contribution >= 4 is 37.9 Å². The molecule has 8 nitrogen and oxygen atoms in total. The molecule has 1 heterocycles. The minimum Gasteiger partial charge on any atom is -0.393 e. The number of methoxy groups -OCH3 is 1. The molecule has 0 radical (unpaired) electrons. The summed E-state index contributed by atoms with van der Waals surface area (Å²) in [6.07, 6.45) is 2.96. The molecule has 1 saturated carbocycles. The number of sulfone groups is 1. The van der Waals surface area contributed by atoms with Crippen LogP contribution in [-0.4, -0.2) is 50.6 Å². The zero-order valence-electron chi connectivity index (χ0n) is 14.6. The van der Waals surface area contributed by atoms with Crippen LogP contribution >= 0.6 is 11.3 Å². The number of nitrogens with zero attached hydrogens (tertiary/aromatic N) is 2. The average molecular weight is 409 g/mol. The summed E-state index contributed by atoms with van der Waals surface area (Å²) in [5, 5.41) is 8.42. The first kappa shape index (κ1) is 19.5. The molecule has 0 unspecified atom stereocenters. The van der Waals surface area contributed by atoms with Crippen LogP contribution in [0.1, 0.15) is 18.4 Å². The summed E-state index contributed by atoms with van der Waals surface area (Å²) >= 11 is 1.27. The van der Waals surface area contributed by atoms with Crippen LogP contribution in [0.5, 0.6) is 0 Å². The Labute approximate surface area is 161 Å². The van der Waals surface area contributed by atoms with Crippen molar-refractivity contribution in [2.45, 2.75) is 23.0 Å². The number of ether oxygens (including phenoxy) is 1. The van der Waals surface area contributed by atoms with E-state index in [-0.39, 0.29) is 22.5 Å². The maximum absolute atomic E-state index is 12.6. The van der Waals surface area contributed by atoms with Gasteiger partial charge in [-0.1, -0.05) is 17.3 Å². The second kappa shape index (κ2) is 8.59. The van der Waals surface area contributed by atoms with Gasteiger partial charge < -0.3 is 9.57 Å². The summed E-state index contributed by atoms with van der Waals surface area (Å²) in [7, 11) is -1.76. The van der Waals surface area contributed by atoms with Crippen LogP contribution in [0, 0.1) is 0 Å². The smallest absolute Gasteiger partial charge is 0.280 e. The molecule has 0 saturated heterocycles. The second-order valence-electron chi connectivity index (χ2n) is 5.83. The Morgan fingerprint density at radius 3 is 2.63 bits per heavy atom. The molecule has 0 atom stereocenters. The molecule has 1 aromatic carbocycles. The van der Waals surface area contributed by atoms with Crippen molar-refractivity contribution in [3.05, 3.63) is 41.4 Å². The van der Waals surface area contributed by atoms with Crippen LogP contribution < -0.4 is 5.32 Å². The third-order valence-electron chi connectivity index (χ3n) is 3.82. The first-order valence-corrected chi connectivity index (χ1v) is 10.7. The van der Waals surface area contributed by atoms with Gasteiger partial charge >= 0.3 is 0 Å². The van der Waals surface area contributed by atoms with Crippen LogP contribution in [0.3, 0.4) is 0 Å². The van der Waals surface area contributed by atoms with Crippen LogP contribution in [0.15, 0.2) is 45.9 Å². The highest BCUT2D eigenvalue weighted by Gasteiger charge is 2.36. The van der Waals surface area contributed by atoms with Gasteiger partial charge in [0, 0.05) is 24.3 Å². The van der Waals surface area contributed by atoms with Crippen molar-refractivity contribution in [1.82, 2.24) is 4.98 Å². The lowest BCUT2D eigenvalue weighted by Gasteiger charge is -2.08. The molecule has 1 aromatic heterocycles. The Bertz CT molecular complexity index is 905. The van der Waals surface area contributed by atoms with Gasteiger partial charge in [-0.2, -0.15) is 0 Å². The molecule has 0 aliphatic heterocycles. The number of carbonyl (C=O) groups is 1. The number of nitrogens with one attached hydrogen (secondary N) is 1. The number of rotatable bonds is 9. The fraction of sp³-hybridized carbons (Fsp3) is 0.353. The molecule has 27 heavy (non-hydrogen) atoms. The second-order valence-corrected chi connectivity index (χ2v) is 8.95. The van der Waals surface area contributed by atoms with Gasteiger partial charge in [-0.05, 0) is 25.0 Å². The molecule has 0 spiro atoms. The highest BCUT2D eigenvalue weighted by molar-refractivity contribution is 7.92. The summed E-state index contributed by atoms with van der Waals surface area (Å²) in [5.74, 6) is -0.500. The quantitative estimate of drug-likeness (QED) is 0.386. The topological polar surface area (TPSA) is 107 Å². The Morgan fingerprint density at radius 1 is 1.30 bits per heavy atom. The van der Waals surface area contributed by atoms with Gasteiger partial charge in [-0.15, -0.1) is 11.3 Å². The number of carbonyl (C=O) groups excluding carboxylic acids is 1. The summed E-state index contributed by atoms with van der Waals surface area (Å²) in [5.41, 5.74) is 0.466. The number of amides is 1. The molecule has 0 bridgehead atoms. The Hall–Kier alpha value is -2.30. The van der Waals surface area contributed by atoms with Crippen LogP contribution in [0.2, 0.25) is 0 Å². The van der Waals surface area contributed by atoms with Crippen molar-refractivity contribution in [1.29, 1.82) is 0 Å². The standard InChI is InChI=1S/C17H19N3O5S2/c1-24-9-10-25-20-15(16(21)19-17-18-8-11-26-17)12-2-4-13(5-3-12)27(22,23)14-6-7-14/h2-5,8,11,14H,6-7,9-10H2,1H3,(H,18,19,21). The maximum Gasteiger partial charge on any atom is 0.280 e. The predicted molar refractivity (Wildman–Crippen MR) is 102 cm³/mol. The first-order chi connectivity index (χ1) is 13.0. The van der Waals surface area contributed by atoms with Gasteiger partial charge in [-0.25, -0.2) is 13.4 Å². The van der Waals surface area contributed by atoms with Gasteiger partial charge in [0.05, 0.1) is 16.8 Å². The van der Waals surface area contributed by atoms with E-state index >= 15 is 0 Å². The molecular formula is C17H19N3O5S2. The summed E-state index contributed by atoms with van der Waals surface area (Å²) in [6, 6.07) is 6.08. The lowest BCUT2D eigenvalue weighted by Crippen LogP contribution is -2.24. The van der Waals surface area contributed by atoms with Gasteiger partial charge in [0.25, 0.3) is 5.91 Å². The van der Waals surface area contributed by atoms with E-state index in [4.69, 9.17) is 9.57 Å². The van der Waals surface area contributed by atoms with Gasteiger partial charge in [0.15, 0.2) is 20.7 Å². The van der Waals surface area contributed by atoms with E-state index in [1.165, 1.54) is 30.6 Å². The first-order valence-electron chi connectivity index (χ1n) is 8.26. The lowest BCUT2D eigenvalue weighted by molar-refractivity contribution is -0.110. The van der Waals surface area contributed by atoms with Crippen molar-refractivity contribution in [2.24, 2.45) is 5.16 Å². The number of anilines is 1. The fourth-order valence-corrected chi connectivity index (χ4v) is 4.45. The van der Waals surface area contributed by atoms with E-state index in [2.05, 4.69) is 15.5 Å². The SMILES string of the molecule is COCCON=C(C(=O)Nc1nccs1)c1ccc(S(=O)(=O)C2CC2)cc1. The minimum absolute atomic E-state index is 0.0247. The Balaban J connectivity index is 1.81. The normalized spacial score (nSPS) is 14.8. The summed E-state index contributed by atoms with van der Waals surface area (Å²) < 4.78 is 29.5. The van der Waals surface area contributed by atoms with Crippen LogP contribution in [-0.2, 0) is 24.2 Å². The lowest BCUT2D eigenvalue weighted by atomic mass is 10.1. The zero-order chi connectivity index (χ0) is 19.3. The molecule has 2 aromatic rings. The highest BCUT2D eigenvalue weighted by Crippen LogP contribution is 2.33. The monoisotopic (exact) mass is 409 g/mol. The van der Waals surface area contributed by atoms with E-state index < -0.39 is 15.7 Å². The van der Waals surface area contributed by atoms with Crippen molar-refractivity contribution in [3.8, 4) is 0 Å². The largest absolute Gasteiger partial charge is 0.393 e. The molecule has 1 N–H and O–H groups in total. The molecule has 144 valence electrons. The summed E-state index contributed by atoms with van der Waals surface area (Å²) in [4.78, 5) is 22.0. The van der Waals surface area contributed by atoms with Gasteiger partial charge in [0.2, 0.25) is 0 Å². The van der Waals surface area contributed by atoms with Gasteiger partial charge in [-0.3, -0.25) is 10.1 Å². The van der Waals surface area contributed by atoms with E-state index in [9.17, 15) is 13.2 Å². The summed E-state index contributed by atoms with van der Waals surface area (Å²) in [6.45, 7) is 0.502. The molecule has 10 heteroatoms. The molecule has 3 rings (SSSR count). The Kier molecular flexibility index (Phi) is 6.19. The van der Waals surface area contributed by atoms with E-state index in [1.54, 1.807) is 23.7 Å². The zero-order valence-corrected chi connectivity index (χ0v) is 16.3. The van der Waals surface area contributed by atoms with E-state index in [1.807, 2.05) is 0 Å². The van der Waals surface area contributed by atoms with Crippen LogP contribution in [0.4, 0.5) is 5.13 Å². The number of benzene rings is 1. The van der Waals surface area contributed by atoms with Crippen molar-refractivity contribution < 1.29 is 22.8 Å². The average Bonchev–Trinajstić information content (AvgIpc) is 3.41. The number of hydrogen-bond acceptors (Lipinski definition) is 8. The van der Waals surface area contributed by atoms with E-state index in [0.29, 0.717) is 30.1 Å². The van der Waals surface area contributed by atoms with Crippen molar-refractivity contribution in [3.63, 3.8) is 0 Å². The molecule has 1 amide bonds. The third-order valence-corrected chi connectivity index (χ3v) is 6.79. The third kappa shape index (κ3) is 4.90. The maximum atomic E-state index is 12.6. The van der Waals surface area contributed by atoms with E-state index in [0.717, 1.165) is 0 Å². The van der Waals surface area contributed by atoms with Crippen molar-refractivity contribution in [2.75, 3.05) is 25.6 Å². The molecule has 1 aliphatic carbocycles. The molecular weight excluding hydrogens is 390 g/mol. The number of thiazole rings is 1. The predicted octanol–water partition coefficient (Wildman–Crippen LogP) is 2.08.